The molecule has 1 aromatic rings. The van der Waals surface area contributed by atoms with Crippen molar-refractivity contribution in [2.45, 2.75) is 37.9 Å². The van der Waals surface area contributed by atoms with Crippen LogP contribution in [-0.4, -0.2) is 55.9 Å². The van der Waals surface area contributed by atoms with Gasteiger partial charge in [0.25, 0.3) is 5.56 Å². The van der Waals surface area contributed by atoms with Crippen molar-refractivity contribution in [2.24, 2.45) is 0 Å². The van der Waals surface area contributed by atoms with Gasteiger partial charge in [0.05, 0.1) is 13.2 Å². The second-order valence-electron chi connectivity index (χ2n) is 4.77. The molecule has 112 valence electrons. The molecule has 4 atom stereocenters. The van der Waals surface area contributed by atoms with Gasteiger partial charge >= 0.3 is 6.01 Å². The third-order valence-corrected chi connectivity index (χ3v) is 3.27. The largest absolute Gasteiger partial charge is 0.465 e. The smallest absolute Gasteiger partial charge is 0.301 e. The predicted octanol–water partition coefficient (Wildman–Crippen LogP) is -1.36. The first-order chi connectivity index (χ1) is 9.41. The third kappa shape index (κ3) is 2.42. The zero-order valence-electron chi connectivity index (χ0n) is 11.3. The van der Waals surface area contributed by atoms with Crippen LogP contribution in [0.1, 0.15) is 20.1 Å². The molecular weight excluding hydrogens is 268 g/mol. The average molecular weight is 286 g/mol. The van der Waals surface area contributed by atoms with Crippen molar-refractivity contribution < 1.29 is 24.8 Å². The summed E-state index contributed by atoms with van der Waals surface area (Å²) in [5.74, 6) is 0. The van der Waals surface area contributed by atoms with Gasteiger partial charge in [-0.25, -0.2) is 0 Å². The molecule has 8 nitrogen and oxygen atoms in total. The Labute approximate surface area is 115 Å². The molecule has 1 saturated heterocycles. The molecule has 3 N–H and O–H groups in total. The van der Waals surface area contributed by atoms with Gasteiger partial charge in [0.2, 0.25) is 0 Å². The van der Waals surface area contributed by atoms with Crippen LogP contribution in [0.5, 0.6) is 6.01 Å². The Morgan fingerprint density at radius 2 is 2.30 bits per heavy atom. The zero-order chi connectivity index (χ0) is 14.9. The van der Waals surface area contributed by atoms with Gasteiger partial charge in [0.15, 0.2) is 6.23 Å². The second-order valence-corrected chi connectivity index (χ2v) is 4.77. The summed E-state index contributed by atoms with van der Waals surface area (Å²) in [6.45, 7) is 2.94. The van der Waals surface area contributed by atoms with E-state index in [-0.39, 0.29) is 12.6 Å². The molecule has 0 saturated carbocycles. The molecular formula is C12H18N2O6. The minimum Gasteiger partial charge on any atom is -0.465 e. The van der Waals surface area contributed by atoms with Crippen molar-refractivity contribution in [3.05, 3.63) is 22.6 Å². The van der Waals surface area contributed by atoms with Crippen LogP contribution in [0.4, 0.5) is 0 Å². The van der Waals surface area contributed by atoms with Crippen LogP contribution in [0.3, 0.4) is 0 Å². The molecule has 1 aromatic heterocycles. The molecule has 2 heterocycles. The van der Waals surface area contributed by atoms with Crippen LogP contribution >= 0.6 is 0 Å². The van der Waals surface area contributed by atoms with Gasteiger partial charge < -0.3 is 24.8 Å². The summed E-state index contributed by atoms with van der Waals surface area (Å²) in [5, 5.41) is 29.5. The Morgan fingerprint density at radius 3 is 2.85 bits per heavy atom. The number of aromatic nitrogens is 2. The Balaban J connectivity index is 2.43. The van der Waals surface area contributed by atoms with E-state index in [9.17, 15) is 15.0 Å². The number of aliphatic hydroxyl groups excluding tert-OH is 2. The molecule has 8 heteroatoms. The van der Waals surface area contributed by atoms with Crippen molar-refractivity contribution in [3.8, 4) is 6.01 Å². The fraction of sp³-hybridized carbons (Fsp3) is 0.667. The van der Waals surface area contributed by atoms with E-state index in [0.29, 0.717) is 0 Å². The first kappa shape index (κ1) is 14.9. The van der Waals surface area contributed by atoms with Gasteiger partial charge in [-0.15, -0.1) is 0 Å². The van der Waals surface area contributed by atoms with Crippen molar-refractivity contribution in [2.75, 3.05) is 13.2 Å². The van der Waals surface area contributed by atoms with Gasteiger partial charge in [-0.2, -0.15) is 4.98 Å². The van der Waals surface area contributed by atoms with E-state index in [0.717, 1.165) is 0 Å². The quantitative estimate of drug-likeness (QED) is 0.626. The lowest BCUT2D eigenvalue weighted by Gasteiger charge is -2.28. The van der Waals surface area contributed by atoms with Gasteiger partial charge in [-0.05, 0) is 13.8 Å². The summed E-state index contributed by atoms with van der Waals surface area (Å²) in [6, 6.07) is 1.18. The Kier molecular flexibility index (Phi) is 4.09. The van der Waals surface area contributed by atoms with E-state index in [1.807, 2.05) is 0 Å². The summed E-state index contributed by atoms with van der Waals surface area (Å²) in [4.78, 5) is 15.0. The molecule has 0 radical (unpaired) electrons. The van der Waals surface area contributed by atoms with Crippen LogP contribution in [0, 0.1) is 0 Å². The van der Waals surface area contributed by atoms with Crippen molar-refractivity contribution >= 4 is 0 Å². The predicted molar refractivity (Wildman–Crippen MR) is 67.3 cm³/mol. The summed E-state index contributed by atoms with van der Waals surface area (Å²) in [5.41, 5.74) is -2.14. The van der Waals surface area contributed by atoms with Gasteiger partial charge in [-0.1, -0.05) is 0 Å². The van der Waals surface area contributed by atoms with Crippen LogP contribution in [0.25, 0.3) is 0 Å². The molecule has 0 amide bonds. The fourth-order valence-electron chi connectivity index (χ4n) is 2.20. The molecule has 2 rings (SSSR count). The van der Waals surface area contributed by atoms with Crippen LogP contribution in [-0.2, 0) is 4.74 Å². The standard InChI is InChI=1S/C12H18N2O6/c1-3-19-11-13-8(16)4-5-14(11)10-12(2,18)9(17)7(6-15)20-10/h4-5,7,9-10,15,17-18H,3,6H2,1-2H3/t7-,9+,10-,12?/m1/s1. The highest BCUT2D eigenvalue weighted by Crippen LogP contribution is 2.39. The molecule has 1 aliphatic heterocycles. The van der Waals surface area contributed by atoms with Crippen molar-refractivity contribution in [3.63, 3.8) is 0 Å². The molecule has 0 aromatic carbocycles. The molecule has 0 bridgehead atoms. The van der Waals surface area contributed by atoms with E-state index >= 15 is 0 Å². The Bertz CT molecular complexity index is 529. The third-order valence-electron chi connectivity index (χ3n) is 3.27. The number of nitrogens with zero attached hydrogens (tertiary/aromatic N) is 2. The number of rotatable bonds is 4. The molecule has 1 aliphatic rings. The number of aliphatic hydroxyl groups is 3. The Hall–Kier alpha value is -1.48. The number of ether oxygens (including phenoxy) is 2. The van der Waals surface area contributed by atoms with Crippen LogP contribution in [0.15, 0.2) is 17.1 Å². The highest BCUT2D eigenvalue weighted by Gasteiger charge is 2.53. The summed E-state index contributed by atoms with van der Waals surface area (Å²) >= 11 is 0. The maximum atomic E-state index is 11.3. The summed E-state index contributed by atoms with van der Waals surface area (Å²) in [7, 11) is 0. The van der Waals surface area contributed by atoms with E-state index in [2.05, 4.69) is 4.98 Å². The first-order valence-corrected chi connectivity index (χ1v) is 6.30. The SMILES string of the molecule is CCOc1nc(=O)ccn1[C@@H]1O[C@H](CO)[C@H](O)C1(C)O. The first-order valence-electron chi connectivity index (χ1n) is 6.30. The molecule has 1 fully saturated rings. The van der Waals surface area contributed by atoms with Crippen molar-refractivity contribution in [1.29, 1.82) is 0 Å². The Morgan fingerprint density at radius 1 is 1.60 bits per heavy atom. The minimum atomic E-state index is -1.66. The highest BCUT2D eigenvalue weighted by molar-refractivity contribution is 5.07. The van der Waals surface area contributed by atoms with E-state index in [1.165, 1.54) is 23.8 Å². The summed E-state index contributed by atoms with van der Waals surface area (Å²) < 4.78 is 12.0. The van der Waals surface area contributed by atoms with Crippen LogP contribution in [0.2, 0.25) is 0 Å². The normalized spacial score (nSPS) is 33.4. The highest BCUT2D eigenvalue weighted by atomic mass is 16.6. The maximum absolute atomic E-state index is 11.3. The fourth-order valence-corrected chi connectivity index (χ4v) is 2.20. The maximum Gasteiger partial charge on any atom is 0.301 e. The minimum absolute atomic E-state index is 0.0175. The van der Waals surface area contributed by atoms with Gasteiger partial charge in [0.1, 0.15) is 17.8 Å². The van der Waals surface area contributed by atoms with Crippen LogP contribution < -0.4 is 10.3 Å². The van der Waals surface area contributed by atoms with E-state index in [4.69, 9.17) is 14.6 Å². The van der Waals surface area contributed by atoms with Gasteiger partial charge in [-0.3, -0.25) is 9.36 Å². The van der Waals surface area contributed by atoms with Gasteiger partial charge in [0, 0.05) is 12.3 Å². The number of hydrogen-bond donors (Lipinski definition) is 3. The zero-order valence-corrected chi connectivity index (χ0v) is 11.3. The van der Waals surface area contributed by atoms with E-state index < -0.39 is 36.2 Å². The molecule has 0 spiro atoms. The topological polar surface area (TPSA) is 114 Å². The van der Waals surface area contributed by atoms with Crippen molar-refractivity contribution in [1.82, 2.24) is 9.55 Å². The number of hydrogen-bond acceptors (Lipinski definition) is 7. The molecule has 20 heavy (non-hydrogen) atoms. The lowest BCUT2D eigenvalue weighted by molar-refractivity contribution is -0.100. The second kappa shape index (κ2) is 5.49. The lowest BCUT2D eigenvalue weighted by atomic mass is 9.96. The average Bonchev–Trinajstić information content (AvgIpc) is 2.62. The summed E-state index contributed by atoms with van der Waals surface area (Å²) in [6.07, 6.45) is -1.86. The lowest BCUT2D eigenvalue weighted by Crippen LogP contribution is -2.44. The monoisotopic (exact) mass is 286 g/mol. The molecule has 0 aliphatic carbocycles. The molecule has 1 unspecified atom stereocenters. The van der Waals surface area contributed by atoms with E-state index in [1.54, 1.807) is 6.92 Å².